The Morgan fingerprint density at radius 3 is 3.06 bits per heavy atom. The molecule has 0 aliphatic carbocycles. The lowest BCUT2D eigenvalue weighted by atomic mass is 10.1. The van der Waals surface area contributed by atoms with E-state index in [-0.39, 0.29) is 6.42 Å². The number of nitrogens with zero attached hydrogens (tertiary/aromatic N) is 2. The summed E-state index contributed by atoms with van der Waals surface area (Å²) in [6.45, 7) is 2.10. The molecule has 0 bridgehead atoms. The predicted octanol–water partition coefficient (Wildman–Crippen LogP) is 1.98. The number of rotatable bonds is 5. The molecule has 2 rings (SSSR count). The van der Waals surface area contributed by atoms with E-state index in [1.165, 1.54) is 0 Å². The van der Waals surface area contributed by atoms with Crippen LogP contribution in [0.1, 0.15) is 37.7 Å². The highest BCUT2D eigenvalue weighted by molar-refractivity contribution is 6.33. The lowest BCUT2D eigenvalue weighted by Crippen LogP contribution is -2.20. The lowest BCUT2D eigenvalue weighted by Gasteiger charge is -1.98. The average molecular weight is 272 g/mol. The van der Waals surface area contributed by atoms with E-state index in [0.29, 0.717) is 16.6 Å². The van der Waals surface area contributed by atoms with Gasteiger partial charge in [0.25, 0.3) is 0 Å². The Balaban J connectivity index is 2.10. The summed E-state index contributed by atoms with van der Waals surface area (Å²) in [6.07, 6.45) is 2.15. The van der Waals surface area contributed by atoms with Gasteiger partial charge in [0, 0.05) is 12.8 Å². The van der Waals surface area contributed by atoms with Gasteiger partial charge in [-0.25, -0.2) is 9.78 Å². The number of unbranched alkanes of at least 4 members (excludes halogenated alkanes) is 1. The Bertz CT molecular complexity index is 484. The Morgan fingerprint density at radius 1 is 1.67 bits per heavy atom. The highest BCUT2D eigenvalue weighted by Crippen LogP contribution is 2.22. The van der Waals surface area contributed by atoms with Crippen molar-refractivity contribution in [3.05, 3.63) is 16.7 Å². The number of imidazole rings is 1. The molecule has 6 nitrogen and oxygen atoms in total. The largest absolute Gasteiger partial charge is 0.478 e. The number of aliphatic carboxylic acids is 1. The summed E-state index contributed by atoms with van der Waals surface area (Å²) in [6, 6.07) is 0. The van der Waals surface area contributed by atoms with E-state index < -0.39 is 12.1 Å². The number of oxime groups is 1. The number of carbonyl (C=O) groups is 1. The van der Waals surface area contributed by atoms with Crippen LogP contribution >= 0.6 is 11.6 Å². The number of aromatic nitrogens is 2. The van der Waals surface area contributed by atoms with Crippen LogP contribution < -0.4 is 0 Å². The molecular weight excluding hydrogens is 258 g/mol. The third kappa shape index (κ3) is 2.64. The number of hydrogen-bond donors (Lipinski definition) is 2. The van der Waals surface area contributed by atoms with Gasteiger partial charge in [0.2, 0.25) is 6.10 Å². The zero-order valence-corrected chi connectivity index (χ0v) is 10.7. The molecule has 0 amide bonds. The zero-order chi connectivity index (χ0) is 13.1. The maximum Gasteiger partial charge on any atom is 0.348 e. The standard InChI is InChI=1S/C11H14ClN3O3/c1-2-3-4-8-13-9(10(12)14-8)6-5-7(11(16)17)18-15-6/h7H,2-5H2,1H3,(H,13,14)(H,16,17). The second-order valence-corrected chi connectivity index (χ2v) is 4.50. The second-order valence-electron chi connectivity index (χ2n) is 4.12. The molecule has 0 saturated carbocycles. The summed E-state index contributed by atoms with van der Waals surface area (Å²) in [5, 5.41) is 12.9. The van der Waals surface area contributed by atoms with Crippen LogP contribution in [0.15, 0.2) is 5.16 Å². The number of hydrogen-bond acceptors (Lipinski definition) is 4. The van der Waals surface area contributed by atoms with Crippen LogP contribution in [0.5, 0.6) is 0 Å². The molecule has 98 valence electrons. The van der Waals surface area contributed by atoms with Crippen molar-refractivity contribution in [2.75, 3.05) is 0 Å². The number of halogens is 1. The molecule has 18 heavy (non-hydrogen) atoms. The van der Waals surface area contributed by atoms with Gasteiger partial charge in [-0.1, -0.05) is 30.1 Å². The summed E-state index contributed by atoms with van der Waals surface area (Å²) < 4.78 is 0. The molecule has 0 saturated heterocycles. The number of nitrogens with one attached hydrogen (secondary N) is 1. The van der Waals surface area contributed by atoms with Gasteiger partial charge in [-0.15, -0.1) is 0 Å². The van der Waals surface area contributed by atoms with Crippen LogP contribution in [0.25, 0.3) is 0 Å². The Kier molecular flexibility index (Phi) is 3.86. The first-order valence-corrected chi connectivity index (χ1v) is 6.19. The molecule has 0 fully saturated rings. The minimum atomic E-state index is -1.04. The highest BCUT2D eigenvalue weighted by Gasteiger charge is 2.30. The minimum Gasteiger partial charge on any atom is -0.478 e. The van der Waals surface area contributed by atoms with Gasteiger partial charge in [0.05, 0.1) is 0 Å². The van der Waals surface area contributed by atoms with Crippen LogP contribution in [0, 0.1) is 0 Å². The molecule has 1 atom stereocenters. The van der Waals surface area contributed by atoms with Gasteiger partial charge in [-0.2, -0.15) is 0 Å². The molecule has 1 aliphatic heterocycles. The normalized spacial score (nSPS) is 18.6. The summed E-state index contributed by atoms with van der Waals surface area (Å²) in [5.41, 5.74) is 0.970. The zero-order valence-electron chi connectivity index (χ0n) is 9.94. The van der Waals surface area contributed by atoms with Crippen molar-refractivity contribution in [1.29, 1.82) is 0 Å². The summed E-state index contributed by atoms with van der Waals surface area (Å²) in [7, 11) is 0. The van der Waals surface area contributed by atoms with Crippen LogP contribution in [0.3, 0.4) is 0 Å². The smallest absolute Gasteiger partial charge is 0.348 e. The molecule has 1 aliphatic rings. The van der Waals surface area contributed by atoms with Crippen molar-refractivity contribution in [2.24, 2.45) is 5.16 Å². The van der Waals surface area contributed by atoms with E-state index in [4.69, 9.17) is 21.5 Å². The highest BCUT2D eigenvalue weighted by atomic mass is 35.5. The molecular formula is C11H14ClN3O3. The first kappa shape index (κ1) is 12.9. The predicted molar refractivity (Wildman–Crippen MR) is 65.9 cm³/mol. The van der Waals surface area contributed by atoms with E-state index in [2.05, 4.69) is 22.0 Å². The van der Waals surface area contributed by atoms with E-state index in [9.17, 15) is 4.79 Å². The number of aromatic amines is 1. The Morgan fingerprint density at radius 2 is 2.44 bits per heavy atom. The van der Waals surface area contributed by atoms with Gasteiger partial charge >= 0.3 is 5.97 Å². The van der Waals surface area contributed by atoms with Gasteiger partial charge in [-0.3, -0.25) is 0 Å². The van der Waals surface area contributed by atoms with Gasteiger partial charge in [0.1, 0.15) is 22.4 Å². The maximum atomic E-state index is 10.8. The second kappa shape index (κ2) is 5.39. The fourth-order valence-electron chi connectivity index (χ4n) is 1.70. The third-order valence-corrected chi connectivity index (χ3v) is 2.97. The molecule has 7 heteroatoms. The van der Waals surface area contributed by atoms with E-state index in [1.54, 1.807) is 0 Å². The van der Waals surface area contributed by atoms with E-state index in [0.717, 1.165) is 25.1 Å². The summed E-state index contributed by atoms with van der Waals surface area (Å²) in [4.78, 5) is 22.9. The first-order valence-electron chi connectivity index (χ1n) is 5.82. The van der Waals surface area contributed by atoms with Crippen LogP contribution in [-0.4, -0.2) is 32.9 Å². The Hall–Kier alpha value is -1.56. The first-order chi connectivity index (χ1) is 8.61. The quantitative estimate of drug-likeness (QED) is 0.857. The molecule has 0 spiro atoms. The molecule has 1 aromatic heterocycles. The minimum absolute atomic E-state index is 0.188. The molecule has 0 aromatic carbocycles. The number of carboxylic acid groups (broad SMARTS) is 1. The van der Waals surface area contributed by atoms with E-state index >= 15 is 0 Å². The van der Waals surface area contributed by atoms with Crippen LogP contribution in [-0.2, 0) is 16.1 Å². The Labute approximate surface area is 109 Å². The lowest BCUT2D eigenvalue weighted by molar-refractivity contribution is -0.148. The van der Waals surface area contributed by atoms with Crippen molar-refractivity contribution < 1.29 is 14.7 Å². The third-order valence-electron chi connectivity index (χ3n) is 2.69. The maximum absolute atomic E-state index is 10.8. The van der Waals surface area contributed by atoms with Gasteiger partial charge < -0.3 is 14.9 Å². The van der Waals surface area contributed by atoms with E-state index in [1.807, 2.05) is 0 Å². The van der Waals surface area contributed by atoms with Crippen molar-refractivity contribution in [3.8, 4) is 0 Å². The molecule has 2 N–H and O–H groups in total. The van der Waals surface area contributed by atoms with Gasteiger partial charge in [0.15, 0.2) is 0 Å². The fraction of sp³-hybridized carbons (Fsp3) is 0.545. The monoisotopic (exact) mass is 271 g/mol. The molecule has 0 radical (unpaired) electrons. The van der Waals surface area contributed by atoms with Crippen molar-refractivity contribution >= 4 is 23.3 Å². The molecule has 2 heterocycles. The topological polar surface area (TPSA) is 87.6 Å². The SMILES string of the molecule is CCCCc1nc(C2=NOC(C(=O)O)C2)c(Cl)[nH]1. The average Bonchev–Trinajstić information content (AvgIpc) is 2.92. The summed E-state index contributed by atoms with van der Waals surface area (Å²) in [5.74, 6) is -0.245. The van der Waals surface area contributed by atoms with Crippen molar-refractivity contribution in [2.45, 2.75) is 38.7 Å². The number of carboxylic acids is 1. The van der Waals surface area contributed by atoms with Crippen molar-refractivity contribution in [3.63, 3.8) is 0 Å². The van der Waals surface area contributed by atoms with Gasteiger partial charge in [-0.05, 0) is 6.42 Å². The number of aryl methyl sites for hydroxylation is 1. The fourth-order valence-corrected chi connectivity index (χ4v) is 1.96. The summed E-state index contributed by atoms with van der Waals surface area (Å²) >= 11 is 6.03. The molecule has 1 unspecified atom stereocenters. The van der Waals surface area contributed by atoms with Crippen molar-refractivity contribution in [1.82, 2.24) is 9.97 Å². The number of H-pyrrole nitrogens is 1. The van der Waals surface area contributed by atoms with Crippen LogP contribution in [0.4, 0.5) is 0 Å². The van der Waals surface area contributed by atoms with Crippen LogP contribution in [0.2, 0.25) is 5.15 Å². The molecule has 1 aromatic rings.